The third kappa shape index (κ3) is 3.75. The van der Waals surface area contributed by atoms with Crippen molar-refractivity contribution in [1.82, 2.24) is 0 Å². The first kappa shape index (κ1) is 15.4. The first-order valence-electron chi connectivity index (χ1n) is 7.05. The maximum absolute atomic E-state index is 13.2. The smallest absolute Gasteiger partial charge is 0.123 e. The highest BCUT2D eigenvalue weighted by molar-refractivity contribution is 5.47. The Balaban J connectivity index is 2.15. The summed E-state index contributed by atoms with van der Waals surface area (Å²) in [5.41, 5.74) is 9.47. The lowest BCUT2D eigenvalue weighted by atomic mass is 9.86. The third-order valence-electron chi connectivity index (χ3n) is 3.53. The number of anilines is 1. The van der Waals surface area contributed by atoms with Gasteiger partial charge >= 0.3 is 0 Å². The first-order valence-corrected chi connectivity index (χ1v) is 7.05. The normalized spacial score (nSPS) is 11.5. The van der Waals surface area contributed by atoms with Crippen molar-refractivity contribution in [2.45, 2.75) is 39.7 Å². The van der Waals surface area contributed by atoms with Crippen LogP contribution in [0.5, 0.6) is 5.75 Å². The second-order valence-electron chi connectivity index (χ2n) is 6.36. The minimum absolute atomic E-state index is 0.107. The molecular formula is C18H22FNO. The second-order valence-corrected chi connectivity index (χ2v) is 6.36. The fraction of sp³-hybridized carbons (Fsp3) is 0.333. The Morgan fingerprint density at radius 2 is 1.81 bits per heavy atom. The molecule has 0 heterocycles. The third-order valence-corrected chi connectivity index (χ3v) is 3.53. The monoisotopic (exact) mass is 287 g/mol. The maximum Gasteiger partial charge on any atom is 0.123 e. The first-order chi connectivity index (χ1) is 9.77. The summed E-state index contributed by atoms with van der Waals surface area (Å²) in [6, 6.07) is 10.5. The van der Waals surface area contributed by atoms with E-state index < -0.39 is 0 Å². The molecule has 0 saturated carbocycles. The van der Waals surface area contributed by atoms with E-state index in [2.05, 4.69) is 32.9 Å². The van der Waals surface area contributed by atoms with Crippen LogP contribution in [0.2, 0.25) is 0 Å². The minimum atomic E-state index is -0.303. The molecule has 2 nitrogen and oxygen atoms in total. The van der Waals surface area contributed by atoms with E-state index in [9.17, 15) is 4.39 Å². The summed E-state index contributed by atoms with van der Waals surface area (Å²) < 4.78 is 19.0. The summed E-state index contributed by atoms with van der Waals surface area (Å²) in [7, 11) is 0. The lowest BCUT2D eigenvalue weighted by Crippen LogP contribution is -2.11. The number of halogens is 1. The van der Waals surface area contributed by atoms with Crippen LogP contribution in [0.15, 0.2) is 36.4 Å². The molecule has 0 radical (unpaired) electrons. The van der Waals surface area contributed by atoms with E-state index in [1.165, 1.54) is 17.7 Å². The molecule has 0 fully saturated rings. The zero-order valence-corrected chi connectivity index (χ0v) is 13.0. The highest BCUT2D eigenvalue weighted by atomic mass is 19.1. The molecule has 0 aliphatic rings. The Labute approximate surface area is 125 Å². The lowest BCUT2D eigenvalue weighted by molar-refractivity contribution is 0.304. The van der Waals surface area contributed by atoms with Crippen molar-refractivity contribution in [3.63, 3.8) is 0 Å². The van der Waals surface area contributed by atoms with Gasteiger partial charge < -0.3 is 10.5 Å². The molecule has 0 aromatic heterocycles. The maximum atomic E-state index is 13.2. The zero-order valence-electron chi connectivity index (χ0n) is 13.0. The van der Waals surface area contributed by atoms with Gasteiger partial charge in [-0.2, -0.15) is 0 Å². The molecule has 0 atom stereocenters. The number of hydrogen-bond acceptors (Lipinski definition) is 2. The largest absolute Gasteiger partial charge is 0.489 e. The van der Waals surface area contributed by atoms with Crippen molar-refractivity contribution in [2.24, 2.45) is 0 Å². The molecule has 0 aliphatic heterocycles. The van der Waals surface area contributed by atoms with Crippen LogP contribution in [0.25, 0.3) is 0 Å². The Morgan fingerprint density at radius 3 is 2.43 bits per heavy atom. The van der Waals surface area contributed by atoms with Gasteiger partial charge in [-0.25, -0.2) is 4.39 Å². The van der Waals surface area contributed by atoms with Crippen LogP contribution in [-0.4, -0.2) is 0 Å². The van der Waals surface area contributed by atoms with E-state index in [0.717, 1.165) is 11.3 Å². The van der Waals surface area contributed by atoms with Crippen LogP contribution in [0.1, 0.15) is 37.5 Å². The average Bonchev–Trinajstić information content (AvgIpc) is 2.40. The van der Waals surface area contributed by atoms with Gasteiger partial charge in [-0.3, -0.25) is 0 Å². The molecule has 0 aliphatic carbocycles. The molecule has 0 amide bonds. The summed E-state index contributed by atoms with van der Waals surface area (Å²) in [5.74, 6) is 0.495. The van der Waals surface area contributed by atoms with Crippen LogP contribution in [0, 0.1) is 12.7 Å². The van der Waals surface area contributed by atoms with Gasteiger partial charge in [0.15, 0.2) is 0 Å². The summed E-state index contributed by atoms with van der Waals surface area (Å²) >= 11 is 0. The van der Waals surface area contributed by atoms with Crippen LogP contribution in [0.4, 0.5) is 10.1 Å². The number of nitrogen functional groups attached to an aromatic ring is 1. The van der Waals surface area contributed by atoms with Gasteiger partial charge in [-0.15, -0.1) is 0 Å². The Hall–Kier alpha value is -2.03. The molecular weight excluding hydrogens is 265 g/mol. The topological polar surface area (TPSA) is 35.2 Å². The minimum Gasteiger partial charge on any atom is -0.489 e. The highest BCUT2D eigenvalue weighted by Crippen LogP contribution is 2.28. The van der Waals surface area contributed by atoms with Crippen LogP contribution >= 0.6 is 0 Å². The van der Waals surface area contributed by atoms with E-state index in [0.29, 0.717) is 11.3 Å². The number of benzene rings is 2. The Kier molecular flexibility index (Phi) is 4.21. The molecule has 2 N–H and O–H groups in total. The quantitative estimate of drug-likeness (QED) is 0.838. The number of ether oxygens (including phenoxy) is 1. The zero-order chi connectivity index (χ0) is 15.6. The summed E-state index contributed by atoms with van der Waals surface area (Å²) in [5, 5.41) is 0. The fourth-order valence-corrected chi connectivity index (χ4v) is 2.13. The van der Waals surface area contributed by atoms with Crippen LogP contribution in [0.3, 0.4) is 0 Å². The SMILES string of the molecule is Cc1cc(C(C)(C)C)ccc1OCc1cc(F)ccc1N. The van der Waals surface area contributed by atoms with Crippen LogP contribution in [-0.2, 0) is 12.0 Å². The molecule has 112 valence electrons. The van der Waals surface area contributed by atoms with Gasteiger partial charge in [0, 0.05) is 11.3 Å². The molecule has 21 heavy (non-hydrogen) atoms. The van der Waals surface area contributed by atoms with Gasteiger partial charge in [-0.1, -0.05) is 32.9 Å². The lowest BCUT2D eigenvalue weighted by Gasteiger charge is -2.20. The van der Waals surface area contributed by atoms with E-state index in [-0.39, 0.29) is 17.8 Å². The van der Waals surface area contributed by atoms with Gasteiger partial charge in [0.05, 0.1) is 0 Å². The van der Waals surface area contributed by atoms with Crippen molar-refractivity contribution >= 4 is 5.69 Å². The Bertz CT molecular complexity index is 644. The molecule has 0 unspecified atom stereocenters. The second kappa shape index (κ2) is 5.76. The summed E-state index contributed by atoms with van der Waals surface area (Å²) in [4.78, 5) is 0. The van der Waals surface area contributed by atoms with Crippen molar-refractivity contribution in [3.05, 3.63) is 58.9 Å². The van der Waals surface area contributed by atoms with E-state index >= 15 is 0 Å². The van der Waals surface area contributed by atoms with Gasteiger partial charge in [-0.05, 0) is 47.7 Å². The molecule has 2 aromatic rings. The van der Waals surface area contributed by atoms with Crippen molar-refractivity contribution in [3.8, 4) is 5.75 Å². The number of hydrogen-bond donors (Lipinski definition) is 1. The molecule has 2 rings (SSSR count). The predicted octanol–water partition coefficient (Wildman–Crippen LogP) is 4.59. The molecule has 2 aromatic carbocycles. The van der Waals surface area contributed by atoms with Crippen molar-refractivity contribution in [1.29, 1.82) is 0 Å². The standard InChI is InChI=1S/C18H22FNO/c1-12-9-14(18(2,3)4)5-8-17(12)21-11-13-10-15(19)6-7-16(13)20/h5-10H,11,20H2,1-4H3. The van der Waals surface area contributed by atoms with Gasteiger partial charge in [0.1, 0.15) is 18.2 Å². The molecule has 3 heteroatoms. The number of nitrogens with two attached hydrogens (primary N) is 1. The summed E-state index contributed by atoms with van der Waals surface area (Å²) in [6.45, 7) is 8.81. The van der Waals surface area contributed by atoms with Crippen LogP contribution < -0.4 is 10.5 Å². The highest BCUT2D eigenvalue weighted by Gasteiger charge is 2.14. The van der Waals surface area contributed by atoms with E-state index in [1.807, 2.05) is 13.0 Å². The van der Waals surface area contributed by atoms with E-state index in [4.69, 9.17) is 10.5 Å². The van der Waals surface area contributed by atoms with Gasteiger partial charge in [0.25, 0.3) is 0 Å². The number of rotatable bonds is 3. The van der Waals surface area contributed by atoms with Gasteiger partial charge in [0.2, 0.25) is 0 Å². The fourth-order valence-electron chi connectivity index (χ4n) is 2.13. The van der Waals surface area contributed by atoms with Crippen molar-refractivity contribution in [2.75, 3.05) is 5.73 Å². The predicted molar refractivity (Wildman–Crippen MR) is 85.0 cm³/mol. The molecule has 0 spiro atoms. The number of aryl methyl sites for hydroxylation is 1. The van der Waals surface area contributed by atoms with E-state index in [1.54, 1.807) is 6.07 Å². The average molecular weight is 287 g/mol. The molecule has 0 saturated heterocycles. The Morgan fingerprint density at radius 1 is 1.10 bits per heavy atom. The summed E-state index contributed by atoms with van der Waals surface area (Å²) in [6.07, 6.45) is 0. The van der Waals surface area contributed by atoms with Crippen molar-refractivity contribution < 1.29 is 9.13 Å². The molecule has 0 bridgehead atoms.